The molecule has 4 nitrogen and oxygen atoms in total. The highest BCUT2D eigenvalue weighted by atomic mass is 127. The number of amides is 1. The fourth-order valence-electron chi connectivity index (χ4n) is 2.82. The number of alkyl halides is 3. The summed E-state index contributed by atoms with van der Waals surface area (Å²) < 4.78 is 40.3. The predicted molar refractivity (Wildman–Crippen MR) is 108 cm³/mol. The summed E-state index contributed by atoms with van der Waals surface area (Å²) in [4.78, 5) is 16.5. The van der Waals surface area contributed by atoms with Crippen LogP contribution in [0.1, 0.15) is 21.5 Å². The van der Waals surface area contributed by atoms with Gasteiger partial charge in [0, 0.05) is 9.13 Å². The number of benzene rings is 2. The van der Waals surface area contributed by atoms with Crippen molar-refractivity contribution in [1.29, 1.82) is 0 Å². The number of nitrogens with zero attached hydrogens (tertiary/aromatic N) is 2. The first-order chi connectivity index (χ1) is 12.6. The van der Waals surface area contributed by atoms with Gasteiger partial charge >= 0.3 is 6.18 Å². The molecule has 1 saturated heterocycles. The molecule has 0 radical (unpaired) electrons. The molecule has 3 rings (SSSR count). The van der Waals surface area contributed by atoms with E-state index in [0.29, 0.717) is 17.8 Å². The lowest BCUT2D eigenvalue weighted by Gasteiger charge is -2.18. The first-order valence-electron chi connectivity index (χ1n) is 8.30. The molecule has 1 fully saturated rings. The van der Waals surface area contributed by atoms with E-state index in [9.17, 15) is 18.0 Å². The van der Waals surface area contributed by atoms with E-state index in [2.05, 4.69) is 27.9 Å². The summed E-state index contributed by atoms with van der Waals surface area (Å²) >= 11 is 2.12. The summed E-state index contributed by atoms with van der Waals surface area (Å²) in [5, 5.41) is 2.66. The molecular formula is C19H19F3IN3O. The Kier molecular flexibility index (Phi) is 5.40. The predicted octanol–water partition coefficient (Wildman–Crippen LogP) is 4.58. The number of hydrogen-bond donors (Lipinski definition) is 1. The van der Waals surface area contributed by atoms with Gasteiger partial charge in [-0.05, 0) is 79.5 Å². The molecule has 0 bridgehead atoms. The second kappa shape index (κ2) is 7.31. The summed E-state index contributed by atoms with van der Waals surface area (Å²) in [5.41, 5.74) is 1.39. The fraction of sp³-hybridized carbons (Fsp3) is 0.316. The Balaban J connectivity index is 1.93. The van der Waals surface area contributed by atoms with E-state index in [4.69, 9.17) is 0 Å². The van der Waals surface area contributed by atoms with E-state index in [1.807, 2.05) is 36.9 Å². The molecule has 2 aromatic rings. The maximum absolute atomic E-state index is 13.1. The first-order valence-corrected chi connectivity index (χ1v) is 9.37. The Morgan fingerprint density at radius 1 is 1.22 bits per heavy atom. The number of rotatable bonds is 4. The molecular weight excluding hydrogens is 470 g/mol. The minimum Gasteiger partial charge on any atom is -0.349 e. The molecule has 8 heteroatoms. The Hall–Kier alpha value is -1.81. The SMILES string of the molecule is Cc1ccc(C(=O)Nc2cc(C(F)(F)F)ccc2N2CC2N(C)C)cc1I. The van der Waals surface area contributed by atoms with Crippen LogP contribution in [-0.2, 0) is 6.18 Å². The molecule has 0 spiro atoms. The van der Waals surface area contributed by atoms with Crippen molar-refractivity contribution in [3.05, 3.63) is 56.7 Å². The molecule has 1 aliphatic heterocycles. The second-order valence-electron chi connectivity index (χ2n) is 6.74. The van der Waals surface area contributed by atoms with Gasteiger partial charge in [0.15, 0.2) is 0 Å². The topological polar surface area (TPSA) is 35.4 Å². The number of likely N-dealkylation sites (N-methyl/N-ethyl adjacent to an activating group) is 1. The summed E-state index contributed by atoms with van der Waals surface area (Å²) in [5.74, 6) is -0.434. The average Bonchev–Trinajstić information content (AvgIpc) is 3.37. The smallest absolute Gasteiger partial charge is 0.349 e. The highest BCUT2D eigenvalue weighted by molar-refractivity contribution is 14.1. The van der Waals surface area contributed by atoms with Crippen molar-refractivity contribution in [1.82, 2.24) is 4.90 Å². The molecule has 27 heavy (non-hydrogen) atoms. The molecule has 0 saturated carbocycles. The number of carbonyl (C=O) groups excluding carboxylic acids is 1. The van der Waals surface area contributed by atoms with Crippen molar-refractivity contribution >= 4 is 39.9 Å². The molecule has 1 amide bonds. The third-order valence-electron chi connectivity index (χ3n) is 4.50. The number of hydrogen-bond acceptors (Lipinski definition) is 3. The van der Waals surface area contributed by atoms with Gasteiger partial charge in [-0.3, -0.25) is 9.69 Å². The Morgan fingerprint density at radius 3 is 2.48 bits per heavy atom. The van der Waals surface area contributed by atoms with Gasteiger partial charge in [0.25, 0.3) is 5.91 Å². The summed E-state index contributed by atoms with van der Waals surface area (Å²) in [6.07, 6.45) is -4.37. The highest BCUT2D eigenvalue weighted by Crippen LogP contribution is 2.39. The Bertz CT molecular complexity index is 883. The van der Waals surface area contributed by atoms with Crippen LogP contribution in [0, 0.1) is 10.5 Å². The van der Waals surface area contributed by atoms with Crippen molar-refractivity contribution in [2.24, 2.45) is 0 Å². The molecule has 1 atom stereocenters. The zero-order valence-corrected chi connectivity index (χ0v) is 17.2. The number of aryl methyl sites for hydroxylation is 1. The van der Waals surface area contributed by atoms with Crippen molar-refractivity contribution in [2.45, 2.75) is 19.3 Å². The minimum absolute atomic E-state index is 0.109. The van der Waals surface area contributed by atoms with E-state index in [1.165, 1.54) is 6.07 Å². The first kappa shape index (κ1) is 19.9. The van der Waals surface area contributed by atoms with Crippen molar-refractivity contribution in [2.75, 3.05) is 30.9 Å². The molecule has 144 valence electrons. The normalized spacial score (nSPS) is 16.6. The van der Waals surface area contributed by atoms with E-state index in [-0.39, 0.29) is 11.9 Å². The van der Waals surface area contributed by atoms with E-state index in [1.54, 1.807) is 12.1 Å². The highest BCUT2D eigenvalue weighted by Gasteiger charge is 2.39. The van der Waals surface area contributed by atoms with Crippen molar-refractivity contribution < 1.29 is 18.0 Å². The lowest BCUT2D eigenvalue weighted by molar-refractivity contribution is -0.137. The third-order valence-corrected chi connectivity index (χ3v) is 5.66. The fourth-order valence-corrected chi connectivity index (χ4v) is 3.34. The molecule has 1 N–H and O–H groups in total. The third kappa shape index (κ3) is 4.37. The number of carbonyl (C=O) groups is 1. The van der Waals surface area contributed by atoms with Gasteiger partial charge in [-0.1, -0.05) is 6.07 Å². The molecule has 1 heterocycles. The Morgan fingerprint density at radius 2 is 1.93 bits per heavy atom. The standard InChI is InChI=1S/C19H19F3IN3O/c1-11-4-5-12(8-14(11)23)18(27)24-15-9-13(19(20,21)22)6-7-16(15)26-10-17(26)25(2)3/h4-9,17H,10H2,1-3H3,(H,24,27). The lowest BCUT2D eigenvalue weighted by atomic mass is 10.1. The van der Waals surface area contributed by atoms with Gasteiger partial charge in [-0.25, -0.2) is 0 Å². The monoisotopic (exact) mass is 489 g/mol. The maximum Gasteiger partial charge on any atom is 0.416 e. The van der Waals surface area contributed by atoms with Crippen LogP contribution < -0.4 is 10.2 Å². The van der Waals surface area contributed by atoms with Crippen molar-refractivity contribution in [3.8, 4) is 0 Å². The average molecular weight is 489 g/mol. The van der Waals surface area contributed by atoms with Crippen LogP contribution in [0.4, 0.5) is 24.5 Å². The van der Waals surface area contributed by atoms with Crippen LogP contribution in [0.2, 0.25) is 0 Å². The summed E-state index contributed by atoms with van der Waals surface area (Å²) in [6.45, 7) is 2.62. The molecule has 1 unspecified atom stereocenters. The molecule has 1 aliphatic rings. The van der Waals surface area contributed by atoms with Crippen LogP contribution in [-0.4, -0.2) is 37.6 Å². The van der Waals surface area contributed by atoms with Crippen molar-refractivity contribution in [3.63, 3.8) is 0 Å². The number of nitrogens with one attached hydrogen (secondary N) is 1. The summed E-state index contributed by atoms with van der Waals surface area (Å²) in [7, 11) is 3.81. The van der Waals surface area contributed by atoms with Gasteiger partial charge in [-0.2, -0.15) is 13.2 Å². The van der Waals surface area contributed by atoms with Gasteiger partial charge < -0.3 is 10.2 Å². The van der Waals surface area contributed by atoms with Crippen LogP contribution >= 0.6 is 22.6 Å². The van der Waals surface area contributed by atoms with Gasteiger partial charge in [0.1, 0.15) is 0 Å². The zero-order chi connectivity index (χ0) is 19.9. The maximum atomic E-state index is 13.1. The van der Waals surface area contributed by atoms with Gasteiger partial charge in [0.2, 0.25) is 0 Å². The van der Waals surface area contributed by atoms with E-state index < -0.39 is 17.6 Å². The van der Waals surface area contributed by atoms with Crippen LogP contribution in [0.5, 0.6) is 0 Å². The Labute approximate surface area is 169 Å². The van der Waals surface area contributed by atoms with Gasteiger partial charge in [-0.15, -0.1) is 0 Å². The van der Waals surface area contributed by atoms with Crippen LogP contribution in [0.25, 0.3) is 0 Å². The largest absolute Gasteiger partial charge is 0.416 e. The molecule has 0 aliphatic carbocycles. The molecule has 0 aromatic heterocycles. The number of anilines is 2. The zero-order valence-electron chi connectivity index (χ0n) is 15.1. The van der Waals surface area contributed by atoms with Crippen LogP contribution in [0.3, 0.4) is 0 Å². The lowest BCUT2D eigenvalue weighted by Crippen LogP contribution is -2.21. The number of halogens is 4. The van der Waals surface area contributed by atoms with E-state index >= 15 is 0 Å². The molecule has 2 aromatic carbocycles. The minimum atomic E-state index is -4.48. The second-order valence-corrected chi connectivity index (χ2v) is 7.91. The van der Waals surface area contributed by atoms with E-state index in [0.717, 1.165) is 21.3 Å². The van der Waals surface area contributed by atoms with Crippen LogP contribution in [0.15, 0.2) is 36.4 Å². The summed E-state index contributed by atoms with van der Waals surface area (Å²) in [6, 6.07) is 8.66. The quantitative estimate of drug-likeness (QED) is 0.505. The van der Waals surface area contributed by atoms with Gasteiger partial charge in [0.05, 0.1) is 29.6 Å².